The van der Waals surface area contributed by atoms with E-state index < -0.39 is 5.82 Å². The van der Waals surface area contributed by atoms with E-state index in [2.05, 4.69) is 0 Å². The molecule has 1 nitrogen and oxygen atoms in total. The number of hydrogen-bond donors (Lipinski definition) is 1. The van der Waals surface area contributed by atoms with Gasteiger partial charge in [-0.1, -0.05) is 17.8 Å². The van der Waals surface area contributed by atoms with Gasteiger partial charge in [-0.2, -0.15) is 0 Å². The molecule has 0 atom stereocenters. The highest BCUT2D eigenvalue weighted by Crippen LogP contribution is 2.29. The minimum atomic E-state index is -0.407. The Morgan fingerprint density at radius 1 is 0.941 bits per heavy atom. The summed E-state index contributed by atoms with van der Waals surface area (Å²) < 4.78 is 26.2. The van der Waals surface area contributed by atoms with Gasteiger partial charge in [0.25, 0.3) is 0 Å². The van der Waals surface area contributed by atoms with Gasteiger partial charge >= 0.3 is 0 Å². The maximum Gasteiger partial charge on any atom is 0.124 e. The first kappa shape index (κ1) is 12.1. The van der Waals surface area contributed by atoms with Crippen molar-refractivity contribution in [3.63, 3.8) is 0 Å². The molecule has 0 aliphatic heterocycles. The lowest BCUT2D eigenvalue weighted by Gasteiger charge is -2.04. The van der Waals surface area contributed by atoms with Gasteiger partial charge in [0.15, 0.2) is 0 Å². The summed E-state index contributed by atoms with van der Waals surface area (Å²) in [7, 11) is 0. The molecule has 0 saturated carbocycles. The topological polar surface area (TPSA) is 20.2 Å². The van der Waals surface area contributed by atoms with Crippen LogP contribution in [0.15, 0.2) is 52.3 Å². The SMILES string of the molecule is OCc1cc(F)cc(Sc2cccc(F)c2)c1. The van der Waals surface area contributed by atoms with Crippen molar-refractivity contribution in [2.24, 2.45) is 0 Å². The third-order valence-electron chi connectivity index (χ3n) is 2.15. The molecular formula is C13H10F2OS. The number of halogens is 2. The smallest absolute Gasteiger partial charge is 0.124 e. The molecule has 0 radical (unpaired) electrons. The predicted molar refractivity (Wildman–Crippen MR) is 62.8 cm³/mol. The predicted octanol–water partition coefficient (Wildman–Crippen LogP) is 3.61. The molecule has 1 N–H and O–H groups in total. The summed E-state index contributed by atoms with van der Waals surface area (Å²) >= 11 is 1.25. The van der Waals surface area contributed by atoms with Crippen molar-refractivity contribution in [1.82, 2.24) is 0 Å². The Hall–Kier alpha value is -1.39. The zero-order valence-corrected chi connectivity index (χ0v) is 9.68. The first-order chi connectivity index (χ1) is 8.17. The van der Waals surface area contributed by atoms with Gasteiger partial charge in [-0.3, -0.25) is 0 Å². The van der Waals surface area contributed by atoms with E-state index in [0.29, 0.717) is 15.4 Å². The van der Waals surface area contributed by atoms with E-state index in [9.17, 15) is 8.78 Å². The zero-order valence-electron chi connectivity index (χ0n) is 8.86. The fourth-order valence-corrected chi connectivity index (χ4v) is 2.41. The molecule has 0 amide bonds. The van der Waals surface area contributed by atoms with E-state index in [1.54, 1.807) is 18.2 Å². The molecule has 88 valence electrons. The Balaban J connectivity index is 2.26. The number of aliphatic hydroxyl groups excluding tert-OH is 1. The Morgan fingerprint density at radius 3 is 2.41 bits per heavy atom. The first-order valence-electron chi connectivity index (χ1n) is 5.01. The van der Waals surface area contributed by atoms with Gasteiger partial charge in [0.05, 0.1) is 6.61 Å². The Labute approximate surface area is 102 Å². The van der Waals surface area contributed by atoms with Gasteiger partial charge in [0.1, 0.15) is 11.6 Å². The molecule has 0 saturated heterocycles. The molecule has 0 spiro atoms. The summed E-state index contributed by atoms with van der Waals surface area (Å²) in [6.45, 7) is -0.214. The summed E-state index contributed by atoms with van der Waals surface area (Å²) in [4.78, 5) is 1.33. The van der Waals surface area contributed by atoms with Gasteiger partial charge in [0, 0.05) is 9.79 Å². The van der Waals surface area contributed by atoms with Crippen LogP contribution in [0.2, 0.25) is 0 Å². The van der Waals surface area contributed by atoms with E-state index in [-0.39, 0.29) is 12.4 Å². The van der Waals surface area contributed by atoms with Gasteiger partial charge in [-0.05, 0) is 42.0 Å². The molecule has 0 aliphatic rings. The lowest BCUT2D eigenvalue weighted by molar-refractivity contribution is 0.281. The van der Waals surface area contributed by atoms with Crippen LogP contribution >= 0.6 is 11.8 Å². The lowest BCUT2D eigenvalue weighted by Crippen LogP contribution is -1.86. The van der Waals surface area contributed by atoms with Crippen LogP contribution < -0.4 is 0 Å². The summed E-state index contributed by atoms with van der Waals surface area (Å²) in [6, 6.07) is 10.4. The van der Waals surface area contributed by atoms with Crippen LogP contribution in [0.25, 0.3) is 0 Å². The molecule has 0 bridgehead atoms. The largest absolute Gasteiger partial charge is 0.392 e. The number of hydrogen-bond acceptors (Lipinski definition) is 2. The van der Waals surface area contributed by atoms with Crippen LogP contribution in [0.5, 0.6) is 0 Å². The first-order valence-corrected chi connectivity index (χ1v) is 5.83. The van der Waals surface area contributed by atoms with E-state index in [1.165, 1.54) is 36.0 Å². The van der Waals surface area contributed by atoms with Crippen molar-refractivity contribution in [3.8, 4) is 0 Å². The normalized spacial score (nSPS) is 10.5. The molecule has 17 heavy (non-hydrogen) atoms. The van der Waals surface area contributed by atoms with Crippen molar-refractivity contribution < 1.29 is 13.9 Å². The Bertz CT molecular complexity index is 529. The van der Waals surface area contributed by atoms with Crippen LogP contribution in [-0.2, 0) is 6.61 Å². The highest BCUT2D eigenvalue weighted by Gasteiger charge is 2.03. The van der Waals surface area contributed by atoms with Crippen molar-refractivity contribution in [1.29, 1.82) is 0 Å². The molecule has 0 aliphatic carbocycles. The van der Waals surface area contributed by atoms with Crippen LogP contribution in [0, 0.1) is 11.6 Å². The van der Waals surface area contributed by atoms with Crippen molar-refractivity contribution in [2.75, 3.05) is 0 Å². The number of aliphatic hydroxyl groups is 1. The summed E-state index contributed by atoms with van der Waals surface area (Å²) in [5.41, 5.74) is 0.504. The standard InChI is InChI=1S/C13H10F2OS/c14-10-2-1-3-12(6-10)17-13-5-9(8-16)4-11(15)7-13/h1-7,16H,8H2. The maximum absolute atomic E-state index is 13.2. The minimum Gasteiger partial charge on any atom is -0.392 e. The van der Waals surface area contributed by atoms with Crippen LogP contribution in [0.3, 0.4) is 0 Å². The molecule has 0 heterocycles. The lowest BCUT2D eigenvalue weighted by atomic mass is 10.2. The Morgan fingerprint density at radius 2 is 1.71 bits per heavy atom. The summed E-state index contributed by atoms with van der Waals surface area (Å²) in [6.07, 6.45) is 0. The second-order valence-corrected chi connectivity index (χ2v) is 4.66. The zero-order chi connectivity index (χ0) is 12.3. The third-order valence-corrected chi connectivity index (χ3v) is 3.11. The molecule has 2 rings (SSSR count). The van der Waals surface area contributed by atoms with Crippen LogP contribution in [-0.4, -0.2) is 5.11 Å². The van der Waals surface area contributed by atoms with Crippen molar-refractivity contribution in [2.45, 2.75) is 16.4 Å². The van der Waals surface area contributed by atoms with Gasteiger partial charge in [-0.15, -0.1) is 0 Å². The van der Waals surface area contributed by atoms with Crippen molar-refractivity contribution in [3.05, 3.63) is 59.7 Å². The fraction of sp³-hybridized carbons (Fsp3) is 0.0769. The molecule has 4 heteroatoms. The van der Waals surface area contributed by atoms with Gasteiger partial charge in [-0.25, -0.2) is 8.78 Å². The van der Waals surface area contributed by atoms with E-state index in [0.717, 1.165) is 0 Å². The van der Waals surface area contributed by atoms with Gasteiger partial charge in [0.2, 0.25) is 0 Å². The quantitative estimate of drug-likeness (QED) is 0.900. The summed E-state index contributed by atoms with van der Waals surface area (Å²) in [5, 5.41) is 8.96. The molecule has 2 aromatic carbocycles. The van der Waals surface area contributed by atoms with E-state index in [1.807, 2.05) is 0 Å². The number of benzene rings is 2. The van der Waals surface area contributed by atoms with Gasteiger partial charge < -0.3 is 5.11 Å². The summed E-state index contributed by atoms with van der Waals surface area (Å²) in [5.74, 6) is -0.732. The van der Waals surface area contributed by atoms with E-state index in [4.69, 9.17) is 5.11 Å². The highest BCUT2D eigenvalue weighted by atomic mass is 32.2. The maximum atomic E-state index is 13.2. The van der Waals surface area contributed by atoms with E-state index >= 15 is 0 Å². The Kier molecular flexibility index (Phi) is 3.76. The average Bonchev–Trinajstić information content (AvgIpc) is 2.28. The monoisotopic (exact) mass is 252 g/mol. The van der Waals surface area contributed by atoms with Crippen LogP contribution in [0.1, 0.15) is 5.56 Å². The number of rotatable bonds is 3. The molecule has 2 aromatic rings. The van der Waals surface area contributed by atoms with Crippen LogP contribution in [0.4, 0.5) is 8.78 Å². The van der Waals surface area contributed by atoms with Crippen molar-refractivity contribution >= 4 is 11.8 Å². The molecule has 0 aromatic heterocycles. The highest BCUT2D eigenvalue weighted by molar-refractivity contribution is 7.99. The molecular weight excluding hydrogens is 242 g/mol. The molecule has 0 fully saturated rings. The average molecular weight is 252 g/mol. The second kappa shape index (κ2) is 5.29. The fourth-order valence-electron chi connectivity index (χ4n) is 1.44. The minimum absolute atomic E-state index is 0.214. The molecule has 0 unspecified atom stereocenters. The second-order valence-electron chi connectivity index (χ2n) is 3.51. The third kappa shape index (κ3) is 3.28.